The Hall–Kier alpha value is -3.10. The Bertz CT molecular complexity index is 1480. The van der Waals surface area contributed by atoms with Crippen molar-refractivity contribution in [3.05, 3.63) is 71.2 Å². The van der Waals surface area contributed by atoms with Crippen LogP contribution in [0.4, 0.5) is 5.69 Å². The van der Waals surface area contributed by atoms with E-state index in [1.54, 1.807) is 42.2 Å². The van der Waals surface area contributed by atoms with E-state index in [2.05, 4.69) is 5.32 Å². The van der Waals surface area contributed by atoms with Gasteiger partial charge in [-0.25, -0.2) is 8.42 Å². The number of nitrogens with one attached hydrogen (secondary N) is 1. The second-order valence-electron chi connectivity index (χ2n) is 10.5. The van der Waals surface area contributed by atoms with Crippen molar-refractivity contribution in [3.63, 3.8) is 0 Å². The standard InChI is InChI=1S/C30H34ClN3O4S/c1-21(30(36)32-25-13-3-2-4-14-25)33(20-22-9-5-12-24(31)19-22)28(35)17-8-18-34-26-15-6-10-23-11-7-16-27(29(23)26)39(34,37)38/h5-7,9-12,15-16,19,21,25H,2-4,8,13-14,17-18,20H2,1H3,(H,32,36). The number of sulfonamides is 1. The molecule has 1 N–H and O–H groups in total. The predicted octanol–water partition coefficient (Wildman–Crippen LogP) is 5.65. The van der Waals surface area contributed by atoms with Crippen molar-refractivity contribution in [3.8, 4) is 0 Å². The zero-order valence-electron chi connectivity index (χ0n) is 22.1. The Labute approximate surface area is 235 Å². The van der Waals surface area contributed by atoms with Crippen molar-refractivity contribution >= 4 is 49.9 Å². The van der Waals surface area contributed by atoms with E-state index in [1.165, 1.54) is 10.7 Å². The number of amides is 2. The topological polar surface area (TPSA) is 86.8 Å². The molecule has 1 aliphatic carbocycles. The Balaban J connectivity index is 1.29. The van der Waals surface area contributed by atoms with Gasteiger partial charge in [0.1, 0.15) is 6.04 Å². The number of halogens is 1. The minimum absolute atomic E-state index is 0.111. The molecule has 0 saturated heterocycles. The number of rotatable bonds is 9. The normalized spacial score (nSPS) is 17.2. The highest BCUT2D eigenvalue weighted by Crippen LogP contribution is 2.42. The second-order valence-corrected chi connectivity index (χ2v) is 12.8. The molecule has 0 spiro atoms. The van der Waals surface area contributed by atoms with E-state index in [4.69, 9.17) is 11.6 Å². The van der Waals surface area contributed by atoms with E-state index in [0.717, 1.165) is 42.0 Å². The van der Waals surface area contributed by atoms with E-state index in [-0.39, 0.29) is 37.4 Å². The fourth-order valence-electron chi connectivity index (χ4n) is 5.70. The van der Waals surface area contributed by atoms with Gasteiger partial charge in [0.05, 0.1) is 10.6 Å². The highest BCUT2D eigenvalue weighted by Gasteiger charge is 2.35. The molecule has 1 aliphatic heterocycles. The number of anilines is 1. The van der Waals surface area contributed by atoms with Crippen LogP contribution < -0.4 is 9.62 Å². The highest BCUT2D eigenvalue weighted by atomic mass is 35.5. The summed E-state index contributed by atoms with van der Waals surface area (Å²) in [7, 11) is -3.69. The average molecular weight is 568 g/mol. The molecular weight excluding hydrogens is 534 g/mol. The van der Waals surface area contributed by atoms with Crippen LogP contribution in [0.2, 0.25) is 5.02 Å². The first-order valence-electron chi connectivity index (χ1n) is 13.6. The lowest BCUT2D eigenvalue weighted by molar-refractivity contribution is -0.141. The quantitative estimate of drug-likeness (QED) is 0.362. The average Bonchev–Trinajstić information content (AvgIpc) is 3.15. The molecule has 2 aliphatic rings. The molecule has 3 aromatic rings. The van der Waals surface area contributed by atoms with Crippen molar-refractivity contribution in [1.82, 2.24) is 10.2 Å². The van der Waals surface area contributed by atoms with Gasteiger partial charge in [0.15, 0.2) is 0 Å². The van der Waals surface area contributed by atoms with Crippen LogP contribution >= 0.6 is 11.6 Å². The van der Waals surface area contributed by atoms with Crippen LogP contribution in [0.3, 0.4) is 0 Å². The third-order valence-electron chi connectivity index (χ3n) is 7.79. The summed E-state index contributed by atoms with van der Waals surface area (Å²) in [5.74, 6) is -0.366. The Kier molecular flexibility index (Phi) is 8.14. The summed E-state index contributed by atoms with van der Waals surface area (Å²) in [5, 5.41) is 5.30. The van der Waals surface area contributed by atoms with Gasteiger partial charge in [-0.3, -0.25) is 13.9 Å². The highest BCUT2D eigenvalue weighted by molar-refractivity contribution is 7.93. The van der Waals surface area contributed by atoms with E-state index in [9.17, 15) is 18.0 Å². The molecule has 206 valence electrons. The number of hydrogen-bond donors (Lipinski definition) is 1. The van der Waals surface area contributed by atoms with Crippen molar-refractivity contribution in [2.75, 3.05) is 10.8 Å². The monoisotopic (exact) mass is 567 g/mol. The summed E-state index contributed by atoms with van der Waals surface area (Å²) in [6, 6.07) is 17.6. The molecule has 0 aromatic heterocycles. The first-order chi connectivity index (χ1) is 18.8. The SMILES string of the molecule is CC(C(=O)NC1CCCCC1)N(Cc1cccc(Cl)c1)C(=O)CCCN1c2cccc3cccc(c23)S1(=O)=O. The zero-order chi connectivity index (χ0) is 27.6. The van der Waals surface area contributed by atoms with E-state index < -0.39 is 16.1 Å². The number of hydrogen-bond acceptors (Lipinski definition) is 4. The van der Waals surface area contributed by atoms with Crippen molar-refractivity contribution < 1.29 is 18.0 Å². The van der Waals surface area contributed by atoms with E-state index >= 15 is 0 Å². The molecule has 3 aromatic carbocycles. The molecule has 9 heteroatoms. The second kappa shape index (κ2) is 11.6. The van der Waals surface area contributed by atoms with Gasteiger partial charge in [0.25, 0.3) is 10.0 Å². The van der Waals surface area contributed by atoms with Crippen LogP contribution in [0.15, 0.2) is 65.6 Å². The Morgan fingerprint density at radius 2 is 1.77 bits per heavy atom. The molecule has 1 heterocycles. The maximum absolute atomic E-state index is 13.6. The lowest BCUT2D eigenvalue weighted by Crippen LogP contribution is -2.50. The van der Waals surface area contributed by atoms with E-state index in [0.29, 0.717) is 22.0 Å². The van der Waals surface area contributed by atoms with Gasteiger partial charge in [0.2, 0.25) is 11.8 Å². The summed E-state index contributed by atoms with van der Waals surface area (Å²) in [4.78, 5) is 28.6. The van der Waals surface area contributed by atoms with Crippen LogP contribution in [0.25, 0.3) is 10.8 Å². The van der Waals surface area contributed by atoms with Gasteiger partial charge in [0, 0.05) is 36.0 Å². The Morgan fingerprint density at radius 1 is 1.05 bits per heavy atom. The summed E-state index contributed by atoms with van der Waals surface area (Å²) < 4.78 is 28.0. The molecule has 2 amide bonds. The molecule has 1 fully saturated rings. The van der Waals surface area contributed by atoms with Crippen molar-refractivity contribution in [2.24, 2.45) is 0 Å². The molecule has 0 bridgehead atoms. The Morgan fingerprint density at radius 3 is 2.51 bits per heavy atom. The third-order valence-corrected chi connectivity index (χ3v) is 9.88. The molecule has 39 heavy (non-hydrogen) atoms. The third kappa shape index (κ3) is 5.77. The van der Waals surface area contributed by atoms with Crippen LogP contribution in [0, 0.1) is 0 Å². The van der Waals surface area contributed by atoms with Gasteiger partial charge >= 0.3 is 0 Å². The summed E-state index contributed by atoms with van der Waals surface area (Å²) in [5.41, 5.74) is 1.48. The zero-order valence-corrected chi connectivity index (χ0v) is 23.7. The predicted molar refractivity (Wildman–Crippen MR) is 154 cm³/mol. The van der Waals surface area contributed by atoms with Gasteiger partial charge in [-0.15, -0.1) is 0 Å². The molecule has 1 atom stereocenters. The van der Waals surface area contributed by atoms with Crippen molar-refractivity contribution in [2.45, 2.75) is 75.4 Å². The number of carbonyl (C=O) groups excluding carboxylic acids is 2. The van der Waals surface area contributed by atoms with Crippen LogP contribution in [-0.2, 0) is 26.2 Å². The lowest BCUT2D eigenvalue weighted by atomic mass is 9.95. The van der Waals surface area contributed by atoms with Crippen LogP contribution in [0.5, 0.6) is 0 Å². The maximum Gasteiger partial charge on any atom is 0.265 e. The molecule has 5 rings (SSSR count). The molecule has 1 unspecified atom stereocenters. The molecule has 7 nitrogen and oxygen atoms in total. The first-order valence-corrected chi connectivity index (χ1v) is 15.5. The largest absolute Gasteiger partial charge is 0.352 e. The minimum atomic E-state index is -3.69. The number of nitrogens with zero attached hydrogens (tertiary/aromatic N) is 2. The van der Waals surface area contributed by atoms with Gasteiger partial charge in [-0.2, -0.15) is 0 Å². The molecule has 1 saturated carbocycles. The van der Waals surface area contributed by atoms with Crippen LogP contribution in [-0.4, -0.2) is 43.8 Å². The van der Waals surface area contributed by atoms with Gasteiger partial charge < -0.3 is 10.2 Å². The van der Waals surface area contributed by atoms with Gasteiger partial charge in [-0.1, -0.05) is 67.3 Å². The van der Waals surface area contributed by atoms with Gasteiger partial charge in [-0.05, 0) is 61.4 Å². The fraction of sp³-hybridized carbons (Fsp3) is 0.400. The number of benzene rings is 3. The smallest absolute Gasteiger partial charge is 0.265 e. The summed E-state index contributed by atoms with van der Waals surface area (Å²) in [6.45, 7) is 2.17. The summed E-state index contributed by atoms with van der Waals surface area (Å²) >= 11 is 6.19. The van der Waals surface area contributed by atoms with E-state index in [1.807, 2.05) is 30.3 Å². The lowest BCUT2D eigenvalue weighted by Gasteiger charge is -2.31. The molecule has 0 radical (unpaired) electrons. The number of carbonyl (C=O) groups is 2. The maximum atomic E-state index is 13.6. The molecular formula is C30H34ClN3O4S. The summed E-state index contributed by atoms with van der Waals surface area (Å²) in [6.07, 6.45) is 5.74. The first kappa shape index (κ1) is 27.5. The van der Waals surface area contributed by atoms with Crippen molar-refractivity contribution in [1.29, 1.82) is 0 Å². The fourth-order valence-corrected chi connectivity index (χ4v) is 7.66. The minimum Gasteiger partial charge on any atom is -0.352 e. The van der Waals surface area contributed by atoms with Crippen LogP contribution in [0.1, 0.15) is 57.4 Å².